The highest BCUT2D eigenvalue weighted by molar-refractivity contribution is 5.83. The number of methoxy groups -OCH3 is 1. The third-order valence-corrected chi connectivity index (χ3v) is 3.72. The van der Waals surface area contributed by atoms with E-state index in [1.165, 1.54) is 7.11 Å². The van der Waals surface area contributed by atoms with Gasteiger partial charge in [-0.25, -0.2) is 0 Å². The van der Waals surface area contributed by atoms with Crippen LogP contribution >= 0.6 is 0 Å². The summed E-state index contributed by atoms with van der Waals surface area (Å²) >= 11 is 0. The Labute approximate surface area is 110 Å². The van der Waals surface area contributed by atoms with Crippen molar-refractivity contribution >= 4 is 11.8 Å². The molecule has 1 aliphatic rings. The molecule has 18 heavy (non-hydrogen) atoms. The summed E-state index contributed by atoms with van der Waals surface area (Å²) < 4.78 is 4.63. The first-order chi connectivity index (χ1) is 8.69. The molecule has 0 aliphatic heterocycles. The standard InChI is InChI=1S/C15H24O3/c1-3-4-5-8-13-12(10-11-14(13)16)7-6-9-15(17)18-2/h4-5,12-13H,3,6-11H2,1-2H3/b5-4-/t12-,13+/m0/s1. The van der Waals surface area contributed by atoms with Gasteiger partial charge in [-0.2, -0.15) is 0 Å². The Hall–Kier alpha value is -1.12. The van der Waals surface area contributed by atoms with Crippen LogP contribution in [0.4, 0.5) is 0 Å². The van der Waals surface area contributed by atoms with Gasteiger partial charge in [0.2, 0.25) is 0 Å². The maximum absolute atomic E-state index is 11.8. The van der Waals surface area contributed by atoms with Gasteiger partial charge in [-0.05, 0) is 38.0 Å². The van der Waals surface area contributed by atoms with Crippen molar-refractivity contribution in [3.63, 3.8) is 0 Å². The van der Waals surface area contributed by atoms with Crippen molar-refractivity contribution in [2.45, 2.75) is 51.9 Å². The van der Waals surface area contributed by atoms with Gasteiger partial charge in [0.15, 0.2) is 0 Å². The fraction of sp³-hybridized carbons (Fsp3) is 0.733. The molecular weight excluding hydrogens is 228 g/mol. The zero-order valence-corrected chi connectivity index (χ0v) is 11.5. The van der Waals surface area contributed by atoms with E-state index >= 15 is 0 Å². The van der Waals surface area contributed by atoms with Crippen LogP contribution in [0, 0.1) is 11.8 Å². The Morgan fingerprint density at radius 1 is 1.44 bits per heavy atom. The largest absolute Gasteiger partial charge is 0.469 e. The van der Waals surface area contributed by atoms with E-state index in [-0.39, 0.29) is 11.9 Å². The van der Waals surface area contributed by atoms with Gasteiger partial charge >= 0.3 is 5.97 Å². The van der Waals surface area contributed by atoms with Gasteiger partial charge in [-0.15, -0.1) is 0 Å². The molecule has 0 bridgehead atoms. The van der Waals surface area contributed by atoms with Crippen molar-refractivity contribution in [1.82, 2.24) is 0 Å². The SMILES string of the molecule is CC/C=C\C[C@H]1C(=O)CC[C@@H]1CCCC(=O)OC. The molecule has 1 aliphatic carbocycles. The molecule has 0 saturated heterocycles. The average Bonchev–Trinajstić information content (AvgIpc) is 2.71. The van der Waals surface area contributed by atoms with Crippen LogP contribution < -0.4 is 0 Å². The number of hydrogen-bond acceptors (Lipinski definition) is 3. The summed E-state index contributed by atoms with van der Waals surface area (Å²) in [6, 6.07) is 0. The molecule has 0 heterocycles. The van der Waals surface area contributed by atoms with E-state index in [9.17, 15) is 9.59 Å². The number of allylic oxidation sites excluding steroid dienone is 2. The molecule has 2 atom stereocenters. The summed E-state index contributed by atoms with van der Waals surface area (Å²) in [5, 5.41) is 0. The highest BCUT2D eigenvalue weighted by atomic mass is 16.5. The predicted octanol–water partition coefficient (Wildman–Crippen LogP) is 3.28. The fourth-order valence-corrected chi connectivity index (χ4v) is 2.67. The van der Waals surface area contributed by atoms with Crippen molar-refractivity contribution in [3.05, 3.63) is 12.2 Å². The second-order valence-electron chi connectivity index (χ2n) is 4.96. The van der Waals surface area contributed by atoms with E-state index in [0.717, 1.165) is 32.1 Å². The van der Waals surface area contributed by atoms with Crippen LogP contribution in [-0.4, -0.2) is 18.9 Å². The number of esters is 1. The molecule has 0 spiro atoms. The van der Waals surface area contributed by atoms with Crippen LogP contribution in [-0.2, 0) is 14.3 Å². The first-order valence-corrected chi connectivity index (χ1v) is 6.93. The number of carbonyl (C=O) groups excluding carboxylic acids is 2. The van der Waals surface area contributed by atoms with E-state index < -0.39 is 0 Å². The van der Waals surface area contributed by atoms with E-state index in [4.69, 9.17) is 0 Å². The Balaban J connectivity index is 2.36. The Morgan fingerprint density at radius 3 is 2.89 bits per heavy atom. The summed E-state index contributed by atoms with van der Waals surface area (Å²) in [7, 11) is 1.42. The number of Topliss-reactive ketones (excluding diaryl/α,β-unsaturated/α-hetero) is 1. The molecule has 0 aromatic carbocycles. The fourth-order valence-electron chi connectivity index (χ4n) is 2.67. The lowest BCUT2D eigenvalue weighted by atomic mass is 9.88. The Morgan fingerprint density at radius 2 is 2.22 bits per heavy atom. The third-order valence-electron chi connectivity index (χ3n) is 3.72. The van der Waals surface area contributed by atoms with Crippen molar-refractivity contribution in [1.29, 1.82) is 0 Å². The third kappa shape index (κ3) is 4.63. The minimum Gasteiger partial charge on any atom is -0.469 e. The van der Waals surface area contributed by atoms with E-state index in [1.54, 1.807) is 0 Å². The summed E-state index contributed by atoms with van der Waals surface area (Å²) in [4.78, 5) is 22.8. The minimum atomic E-state index is -0.151. The summed E-state index contributed by atoms with van der Waals surface area (Å²) in [6.45, 7) is 2.10. The molecule has 0 unspecified atom stereocenters. The van der Waals surface area contributed by atoms with Gasteiger partial charge in [-0.1, -0.05) is 19.1 Å². The molecule has 3 heteroatoms. The van der Waals surface area contributed by atoms with Crippen molar-refractivity contribution in [3.8, 4) is 0 Å². The molecule has 1 rings (SSSR count). The van der Waals surface area contributed by atoms with Gasteiger partial charge in [0.1, 0.15) is 5.78 Å². The van der Waals surface area contributed by atoms with Gasteiger partial charge in [0.05, 0.1) is 7.11 Å². The number of hydrogen-bond donors (Lipinski definition) is 0. The topological polar surface area (TPSA) is 43.4 Å². The zero-order valence-electron chi connectivity index (χ0n) is 11.5. The highest BCUT2D eigenvalue weighted by Gasteiger charge is 2.32. The van der Waals surface area contributed by atoms with Crippen LogP contribution in [0.1, 0.15) is 51.9 Å². The zero-order chi connectivity index (χ0) is 13.4. The Kier molecular flexibility index (Phi) is 6.69. The number of ketones is 1. The second kappa shape index (κ2) is 8.06. The van der Waals surface area contributed by atoms with Crippen molar-refractivity contribution in [2.75, 3.05) is 7.11 Å². The van der Waals surface area contributed by atoms with E-state index in [2.05, 4.69) is 23.8 Å². The van der Waals surface area contributed by atoms with Crippen LogP contribution in [0.15, 0.2) is 12.2 Å². The summed E-state index contributed by atoms with van der Waals surface area (Å²) in [5.74, 6) is 0.898. The molecule has 3 nitrogen and oxygen atoms in total. The average molecular weight is 252 g/mol. The van der Waals surface area contributed by atoms with Crippen LogP contribution in [0.2, 0.25) is 0 Å². The smallest absolute Gasteiger partial charge is 0.305 e. The lowest BCUT2D eigenvalue weighted by Crippen LogP contribution is -2.14. The molecule has 1 fully saturated rings. The first kappa shape index (κ1) is 14.9. The highest BCUT2D eigenvalue weighted by Crippen LogP contribution is 2.35. The van der Waals surface area contributed by atoms with E-state index in [1.807, 2.05) is 0 Å². The maximum Gasteiger partial charge on any atom is 0.305 e. The van der Waals surface area contributed by atoms with Gasteiger partial charge < -0.3 is 4.74 Å². The van der Waals surface area contributed by atoms with Crippen LogP contribution in [0.25, 0.3) is 0 Å². The predicted molar refractivity (Wildman–Crippen MR) is 71.1 cm³/mol. The normalized spacial score (nSPS) is 23.8. The lowest BCUT2D eigenvalue weighted by Gasteiger charge is -2.16. The quantitative estimate of drug-likeness (QED) is 0.516. The maximum atomic E-state index is 11.8. The molecule has 0 amide bonds. The molecular formula is C15H24O3. The number of ether oxygens (including phenoxy) is 1. The van der Waals surface area contributed by atoms with Crippen molar-refractivity contribution in [2.24, 2.45) is 11.8 Å². The molecule has 0 radical (unpaired) electrons. The molecule has 102 valence electrons. The lowest BCUT2D eigenvalue weighted by molar-refractivity contribution is -0.140. The summed E-state index contributed by atoms with van der Waals surface area (Å²) in [6.07, 6.45) is 10.1. The van der Waals surface area contributed by atoms with Crippen molar-refractivity contribution < 1.29 is 14.3 Å². The first-order valence-electron chi connectivity index (χ1n) is 6.93. The van der Waals surface area contributed by atoms with Crippen LogP contribution in [0.5, 0.6) is 0 Å². The molecule has 0 aromatic rings. The number of carbonyl (C=O) groups is 2. The molecule has 0 aromatic heterocycles. The van der Waals surface area contributed by atoms with Gasteiger partial charge in [-0.3, -0.25) is 9.59 Å². The minimum absolute atomic E-state index is 0.151. The van der Waals surface area contributed by atoms with Gasteiger partial charge in [0.25, 0.3) is 0 Å². The molecule has 0 N–H and O–H groups in total. The monoisotopic (exact) mass is 252 g/mol. The number of rotatable bonds is 7. The van der Waals surface area contributed by atoms with E-state index in [0.29, 0.717) is 24.5 Å². The van der Waals surface area contributed by atoms with Crippen LogP contribution in [0.3, 0.4) is 0 Å². The Bertz CT molecular complexity index is 307. The molecule has 1 saturated carbocycles. The second-order valence-corrected chi connectivity index (χ2v) is 4.96. The summed E-state index contributed by atoms with van der Waals surface area (Å²) in [5.41, 5.74) is 0. The van der Waals surface area contributed by atoms with Gasteiger partial charge in [0, 0.05) is 18.8 Å².